The van der Waals surface area contributed by atoms with Crippen LogP contribution in [-0.2, 0) is 16.0 Å². The van der Waals surface area contributed by atoms with E-state index in [9.17, 15) is 9.59 Å². The number of ketones is 1. The summed E-state index contributed by atoms with van der Waals surface area (Å²) < 4.78 is 0. The van der Waals surface area contributed by atoms with E-state index in [1.807, 2.05) is 67.6 Å². The first kappa shape index (κ1) is 19.3. The largest absolute Gasteiger partial charge is 0.346 e. The van der Waals surface area contributed by atoms with Crippen molar-refractivity contribution in [3.63, 3.8) is 0 Å². The van der Waals surface area contributed by atoms with Crippen molar-refractivity contribution in [2.45, 2.75) is 25.3 Å². The van der Waals surface area contributed by atoms with Gasteiger partial charge >= 0.3 is 0 Å². The highest BCUT2D eigenvalue weighted by atomic mass is 16.2. The van der Waals surface area contributed by atoms with E-state index in [0.717, 1.165) is 23.5 Å². The molecule has 1 amide bonds. The number of benzene rings is 2. The van der Waals surface area contributed by atoms with Gasteiger partial charge in [0.1, 0.15) is 11.9 Å². The molecule has 0 spiro atoms. The van der Waals surface area contributed by atoms with Crippen molar-refractivity contribution in [2.24, 2.45) is 11.0 Å². The summed E-state index contributed by atoms with van der Waals surface area (Å²) in [7, 11) is 0. The Bertz CT molecular complexity index is 898. The molecule has 1 fully saturated rings. The average Bonchev–Trinajstić information content (AvgIpc) is 2.75. The second-order valence-electron chi connectivity index (χ2n) is 7.67. The molecule has 1 saturated heterocycles. The summed E-state index contributed by atoms with van der Waals surface area (Å²) in [6.45, 7) is 4.08. The lowest BCUT2D eigenvalue weighted by Gasteiger charge is -2.42. The molecular weight excluding hydrogens is 364 g/mol. The Morgan fingerprint density at radius 2 is 1.79 bits per heavy atom. The lowest BCUT2D eigenvalue weighted by molar-refractivity contribution is -0.123. The van der Waals surface area contributed by atoms with Crippen molar-refractivity contribution < 1.29 is 9.59 Å². The SMILES string of the molecule is CC1C(N2CCNCC2C(=O)Cc2ccccc2)=NNC(=O)C1c1ccccc1. The molecule has 0 saturated carbocycles. The monoisotopic (exact) mass is 390 g/mol. The number of hydrogen-bond acceptors (Lipinski definition) is 5. The molecule has 0 bridgehead atoms. The number of amides is 1. The summed E-state index contributed by atoms with van der Waals surface area (Å²) >= 11 is 0. The minimum atomic E-state index is -0.316. The highest BCUT2D eigenvalue weighted by molar-refractivity contribution is 5.99. The molecule has 3 atom stereocenters. The van der Waals surface area contributed by atoms with Gasteiger partial charge < -0.3 is 10.2 Å². The van der Waals surface area contributed by atoms with Crippen LogP contribution in [0, 0.1) is 5.92 Å². The van der Waals surface area contributed by atoms with Crippen molar-refractivity contribution in [3.8, 4) is 0 Å². The third kappa shape index (κ3) is 4.07. The van der Waals surface area contributed by atoms with Gasteiger partial charge in [-0.2, -0.15) is 5.10 Å². The second kappa shape index (κ2) is 8.57. The fraction of sp³-hybridized carbons (Fsp3) is 0.348. The smallest absolute Gasteiger partial charge is 0.248 e. The van der Waals surface area contributed by atoms with Gasteiger partial charge in [-0.05, 0) is 11.1 Å². The first-order valence-corrected chi connectivity index (χ1v) is 10.1. The van der Waals surface area contributed by atoms with Crippen LogP contribution in [0.15, 0.2) is 65.8 Å². The number of hydrogen-bond donors (Lipinski definition) is 2. The average molecular weight is 390 g/mol. The Morgan fingerprint density at radius 1 is 1.10 bits per heavy atom. The van der Waals surface area contributed by atoms with E-state index in [4.69, 9.17) is 0 Å². The van der Waals surface area contributed by atoms with Crippen LogP contribution < -0.4 is 10.7 Å². The van der Waals surface area contributed by atoms with Gasteiger partial charge in [-0.25, -0.2) is 5.43 Å². The maximum atomic E-state index is 13.1. The Morgan fingerprint density at radius 3 is 2.52 bits per heavy atom. The highest BCUT2D eigenvalue weighted by Crippen LogP contribution is 2.30. The number of rotatable bonds is 4. The third-order valence-corrected chi connectivity index (χ3v) is 5.76. The quantitative estimate of drug-likeness (QED) is 0.837. The first-order chi connectivity index (χ1) is 14.1. The van der Waals surface area contributed by atoms with E-state index in [1.54, 1.807) is 0 Å². The zero-order valence-electron chi connectivity index (χ0n) is 16.5. The molecule has 150 valence electrons. The highest BCUT2D eigenvalue weighted by Gasteiger charge is 2.40. The maximum Gasteiger partial charge on any atom is 0.248 e. The Hall–Kier alpha value is -2.99. The van der Waals surface area contributed by atoms with Crippen molar-refractivity contribution in [3.05, 3.63) is 71.8 Å². The number of hydrazone groups is 1. The van der Waals surface area contributed by atoms with Crippen molar-refractivity contribution in [1.82, 2.24) is 15.6 Å². The van der Waals surface area contributed by atoms with Gasteiger partial charge in [0, 0.05) is 32.0 Å². The Balaban J connectivity index is 1.57. The van der Waals surface area contributed by atoms with Gasteiger partial charge in [0.15, 0.2) is 5.78 Å². The van der Waals surface area contributed by atoms with Gasteiger partial charge in [-0.3, -0.25) is 9.59 Å². The van der Waals surface area contributed by atoms with Crippen LogP contribution in [0.4, 0.5) is 0 Å². The van der Waals surface area contributed by atoms with Crippen LogP contribution in [-0.4, -0.2) is 48.1 Å². The number of Topliss-reactive ketones (excluding diaryl/α,β-unsaturated/α-hetero) is 1. The van der Waals surface area contributed by atoms with E-state index < -0.39 is 0 Å². The molecule has 0 radical (unpaired) electrons. The van der Waals surface area contributed by atoms with E-state index in [1.165, 1.54) is 0 Å². The normalized spacial score (nSPS) is 24.6. The molecule has 6 heteroatoms. The van der Waals surface area contributed by atoms with Gasteiger partial charge in [0.2, 0.25) is 5.91 Å². The summed E-state index contributed by atoms with van der Waals surface area (Å²) in [4.78, 5) is 27.8. The number of carbonyl (C=O) groups is 2. The van der Waals surface area contributed by atoms with Gasteiger partial charge in [0.05, 0.1) is 5.92 Å². The van der Waals surface area contributed by atoms with Gasteiger partial charge in [0.25, 0.3) is 0 Å². The molecule has 3 unspecified atom stereocenters. The standard InChI is InChI=1S/C23H26N4O2/c1-16-21(18-10-6-3-7-11-18)23(29)26-25-22(16)27-13-12-24-15-19(27)20(28)14-17-8-4-2-5-9-17/h2-11,16,19,21,24H,12-15H2,1H3,(H,26,29). The first-order valence-electron chi connectivity index (χ1n) is 10.1. The van der Waals surface area contributed by atoms with Crippen LogP contribution in [0.2, 0.25) is 0 Å². The van der Waals surface area contributed by atoms with Crippen molar-refractivity contribution >= 4 is 17.5 Å². The zero-order valence-corrected chi connectivity index (χ0v) is 16.5. The predicted octanol–water partition coefficient (Wildman–Crippen LogP) is 1.94. The molecule has 0 aromatic heterocycles. The van der Waals surface area contributed by atoms with E-state index in [2.05, 4.69) is 20.7 Å². The van der Waals surface area contributed by atoms with E-state index in [-0.39, 0.29) is 29.6 Å². The lowest BCUT2D eigenvalue weighted by Crippen LogP contribution is -2.60. The number of nitrogens with one attached hydrogen (secondary N) is 2. The molecule has 2 aliphatic rings. The Kier molecular flexibility index (Phi) is 5.71. The van der Waals surface area contributed by atoms with Crippen LogP contribution in [0.25, 0.3) is 0 Å². The topological polar surface area (TPSA) is 73.8 Å². The molecule has 2 aliphatic heterocycles. The molecule has 29 heavy (non-hydrogen) atoms. The second-order valence-corrected chi connectivity index (χ2v) is 7.67. The summed E-state index contributed by atoms with van der Waals surface area (Å²) in [5.74, 6) is 0.410. The van der Waals surface area contributed by atoms with Crippen LogP contribution in [0.5, 0.6) is 0 Å². The van der Waals surface area contributed by atoms with Crippen molar-refractivity contribution in [2.75, 3.05) is 19.6 Å². The molecule has 2 N–H and O–H groups in total. The van der Waals surface area contributed by atoms with Crippen LogP contribution >= 0.6 is 0 Å². The fourth-order valence-corrected chi connectivity index (χ4v) is 4.27. The summed E-state index contributed by atoms with van der Waals surface area (Å²) in [5.41, 5.74) is 4.67. The summed E-state index contributed by atoms with van der Waals surface area (Å²) in [6, 6.07) is 19.3. The Labute approximate surface area is 171 Å². The fourth-order valence-electron chi connectivity index (χ4n) is 4.27. The number of piperazine rings is 1. The van der Waals surface area contributed by atoms with Crippen molar-refractivity contribution in [1.29, 1.82) is 0 Å². The van der Waals surface area contributed by atoms with E-state index >= 15 is 0 Å². The zero-order chi connectivity index (χ0) is 20.2. The van der Waals surface area contributed by atoms with E-state index in [0.29, 0.717) is 19.5 Å². The van der Waals surface area contributed by atoms with Gasteiger partial charge in [-0.15, -0.1) is 0 Å². The molecule has 2 heterocycles. The molecule has 2 aromatic rings. The maximum absolute atomic E-state index is 13.1. The van der Waals surface area contributed by atoms with Crippen LogP contribution in [0.3, 0.4) is 0 Å². The minimum Gasteiger partial charge on any atom is -0.346 e. The summed E-state index contributed by atoms with van der Waals surface area (Å²) in [5, 5.41) is 7.73. The molecule has 4 rings (SSSR count). The number of nitrogens with zero attached hydrogens (tertiary/aromatic N) is 2. The minimum absolute atomic E-state index is 0.102. The number of carbonyl (C=O) groups excluding carboxylic acids is 2. The number of amidine groups is 1. The molecule has 0 aliphatic carbocycles. The third-order valence-electron chi connectivity index (χ3n) is 5.76. The summed E-state index contributed by atoms with van der Waals surface area (Å²) in [6.07, 6.45) is 0.389. The predicted molar refractivity (Wildman–Crippen MR) is 112 cm³/mol. The van der Waals surface area contributed by atoms with Crippen LogP contribution in [0.1, 0.15) is 24.0 Å². The lowest BCUT2D eigenvalue weighted by atomic mass is 9.83. The van der Waals surface area contributed by atoms with Gasteiger partial charge in [-0.1, -0.05) is 67.6 Å². The molecule has 2 aromatic carbocycles. The molecule has 6 nitrogen and oxygen atoms in total. The molecular formula is C23H26N4O2.